The van der Waals surface area contributed by atoms with E-state index in [0.717, 1.165) is 6.42 Å². The van der Waals surface area contributed by atoms with Crippen LogP contribution in [0.5, 0.6) is 0 Å². The first kappa shape index (κ1) is 10.9. The summed E-state index contributed by atoms with van der Waals surface area (Å²) in [5.74, 6) is 0. The molecule has 0 heterocycles. The van der Waals surface area contributed by atoms with Crippen molar-refractivity contribution in [3.05, 3.63) is 59.2 Å². The average Bonchev–Trinajstić information content (AvgIpc) is 2.32. The number of hydrogen-bond donors (Lipinski definition) is 0. The van der Waals surface area contributed by atoms with Gasteiger partial charge in [-0.2, -0.15) is 0 Å². The van der Waals surface area contributed by atoms with Crippen LogP contribution in [0.3, 0.4) is 0 Å². The Balaban J connectivity index is 2.45. The summed E-state index contributed by atoms with van der Waals surface area (Å²) < 4.78 is 0. The summed E-state index contributed by atoms with van der Waals surface area (Å²) in [5, 5.41) is 0. The van der Waals surface area contributed by atoms with Gasteiger partial charge in [-0.15, -0.1) is 0 Å². The van der Waals surface area contributed by atoms with Crippen LogP contribution in [-0.4, -0.2) is 0 Å². The third-order valence-electron chi connectivity index (χ3n) is 3.07. The Morgan fingerprint density at radius 2 is 1.56 bits per heavy atom. The molecule has 82 valence electrons. The second-order valence-corrected chi connectivity index (χ2v) is 4.37. The number of benzene rings is 2. The standard InChI is InChI=1S/C16H18/c1-4-14-7-9-15(10-8-14)16-11-12(2)5-6-13(16)3/h5-11H,4H2,1-3H3. The van der Waals surface area contributed by atoms with Crippen molar-refractivity contribution in [1.82, 2.24) is 0 Å². The molecule has 0 saturated carbocycles. The van der Waals surface area contributed by atoms with E-state index >= 15 is 0 Å². The maximum atomic E-state index is 2.26. The maximum Gasteiger partial charge on any atom is -0.0152 e. The van der Waals surface area contributed by atoms with Crippen LogP contribution in [0.2, 0.25) is 0 Å². The van der Waals surface area contributed by atoms with Crippen molar-refractivity contribution in [2.45, 2.75) is 27.2 Å². The zero-order chi connectivity index (χ0) is 11.5. The molecule has 16 heavy (non-hydrogen) atoms. The summed E-state index contributed by atoms with van der Waals surface area (Å²) in [6.45, 7) is 6.50. The van der Waals surface area contributed by atoms with E-state index in [1.54, 1.807) is 0 Å². The molecule has 0 fully saturated rings. The molecular weight excluding hydrogens is 192 g/mol. The zero-order valence-electron chi connectivity index (χ0n) is 10.2. The second kappa shape index (κ2) is 4.52. The van der Waals surface area contributed by atoms with Crippen LogP contribution >= 0.6 is 0 Å². The number of rotatable bonds is 2. The molecule has 0 N–H and O–H groups in total. The normalized spacial score (nSPS) is 10.4. The lowest BCUT2D eigenvalue weighted by molar-refractivity contribution is 1.14. The van der Waals surface area contributed by atoms with E-state index in [4.69, 9.17) is 0 Å². The molecule has 0 aliphatic carbocycles. The van der Waals surface area contributed by atoms with E-state index in [9.17, 15) is 0 Å². The molecule has 0 amide bonds. The van der Waals surface area contributed by atoms with Gasteiger partial charge in [-0.3, -0.25) is 0 Å². The predicted octanol–water partition coefficient (Wildman–Crippen LogP) is 4.53. The van der Waals surface area contributed by atoms with Crippen LogP contribution in [0.4, 0.5) is 0 Å². The molecule has 0 saturated heterocycles. The topological polar surface area (TPSA) is 0 Å². The van der Waals surface area contributed by atoms with Crippen LogP contribution < -0.4 is 0 Å². The van der Waals surface area contributed by atoms with Crippen molar-refractivity contribution >= 4 is 0 Å². The zero-order valence-corrected chi connectivity index (χ0v) is 10.2. The summed E-state index contributed by atoms with van der Waals surface area (Å²) in [7, 11) is 0. The van der Waals surface area contributed by atoms with Gasteiger partial charge in [0, 0.05) is 0 Å². The van der Waals surface area contributed by atoms with Gasteiger partial charge in [0.25, 0.3) is 0 Å². The Morgan fingerprint density at radius 1 is 0.875 bits per heavy atom. The van der Waals surface area contributed by atoms with Crippen molar-refractivity contribution in [3.8, 4) is 11.1 Å². The lowest BCUT2D eigenvalue weighted by Gasteiger charge is -2.08. The molecule has 0 unspecified atom stereocenters. The molecule has 0 aromatic heterocycles. The summed E-state index contributed by atoms with van der Waals surface area (Å²) in [6, 6.07) is 15.5. The summed E-state index contributed by atoms with van der Waals surface area (Å²) in [4.78, 5) is 0. The van der Waals surface area contributed by atoms with Gasteiger partial charge < -0.3 is 0 Å². The molecule has 2 rings (SSSR count). The van der Waals surface area contributed by atoms with Crippen molar-refractivity contribution in [2.75, 3.05) is 0 Å². The highest BCUT2D eigenvalue weighted by Gasteiger charge is 2.01. The van der Waals surface area contributed by atoms with Gasteiger partial charge in [0.05, 0.1) is 0 Å². The summed E-state index contributed by atoms with van der Waals surface area (Å²) in [6.07, 6.45) is 1.10. The molecule has 0 nitrogen and oxygen atoms in total. The Labute approximate surface area is 97.9 Å². The average molecular weight is 210 g/mol. The lowest BCUT2D eigenvalue weighted by atomic mass is 9.97. The smallest absolute Gasteiger partial charge is 0.0152 e. The molecule has 0 radical (unpaired) electrons. The minimum absolute atomic E-state index is 1.10. The first-order valence-electron chi connectivity index (χ1n) is 5.87. The van der Waals surface area contributed by atoms with Gasteiger partial charge in [0.1, 0.15) is 0 Å². The minimum atomic E-state index is 1.10. The Kier molecular flexibility index (Phi) is 3.09. The van der Waals surface area contributed by atoms with E-state index in [2.05, 4.69) is 63.2 Å². The summed E-state index contributed by atoms with van der Waals surface area (Å²) in [5.41, 5.74) is 6.73. The quantitative estimate of drug-likeness (QED) is 0.683. The fraction of sp³-hybridized carbons (Fsp3) is 0.250. The number of hydrogen-bond acceptors (Lipinski definition) is 0. The molecule has 2 aromatic rings. The molecule has 0 heteroatoms. The van der Waals surface area contributed by atoms with Crippen LogP contribution in [0.15, 0.2) is 42.5 Å². The molecule has 0 bridgehead atoms. The molecule has 0 spiro atoms. The number of aryl methyl sites for hydroxylation is 3. The van der Waals surface area contributed by atoms with Gasteiger partial charge in [-0.05, 0) is 42.5 Å². The van der Waals surface area contributed by atoms with Gasteiger partial charge in [0.15, 0.2) is 0 Å². The fourth-order valence-electron chi connectivity index (χ4n) is 1.97. The van der Waals surface area contributed by atoms with Crippen LogP contribution in [0.25, 0.3) is 11.1 Å². The van der Waals surface area contributed by atoms with E-state index in [0.29, 0.717) is 0 Å². The molecule has 2 aromatic carbocycles. The van der Waals surface area contributed by atoms with Gasteiger partial charge in [0.2, 0.25) is 0 Å². The first-order valence-corrected chi connectivity index (χ1v) is 5.87. The minimum Gasteiger partial charge on any atom is -0.0613 e. The van der Waals surface area contributed by atoms with Crippen molar-refractivity contribution in [3.63, 3.8) is 0 Å². The second-order valence-electron chi connectivity index (χ2n) is 4.37. The van der Waals surface area contributed by atoms with Gasteiger partial charge >= 0.3 is 0 Å². The highest BCUT2D eigenvalue weighted by atomic mass is 14.1. The highest BCUT2D eigenvalue weighted by Crippen LogP contribution is 2.24. The third kappa shape index (κ3) is 2.16. The monoisotopic (exact) mass is 210 g/mol. The molecule has 0 atom stereocenters. The molecule has 0 aliphatic heterocycles. The van der Waals surface area contributed by atoms with Crippen molar-refractivity contribution in [2.24, 2.45) is 0 Å². The van der Waals surface area contributed by atoms with E-state index in [1.807, 2.05) is 0 Å². The Hall–Kier alpha value is -1.56. The van der Waals surface area contributed by atoms with E-state index in [1.165, 1.54) is 27.8 Å². The SMILES string of the molecule is CCc1ccc(-c2cc(C)ccc2C)cc1. The largest absolute Gasteiger partial charge is 0.0613 e. The fourth-order valence-corrected chi connectivity index (χ4v) is 1.97. The molecule has 0 aliphatic rings. The first-order chi connectivity index (χ1) is 7.70. The van der Waals surface area contributed by atoms with E-state index in [-0.39, 0.29) is 0 Å². The lowest BCUT2D eigenvalue weighted by Crippen LogP contribution is -1.86. The van der Waals surface area contributed by atoms with Crippen LogP contribution in [0.1, 0.15) is 23.6 Å². The third-order valence-corrected chi connectivity index (χ3v) is 3.07. The van der Waals surface area contributed by atoms with E-state index < -0.39 is 0 Å². The maximum absolute atomic E-state index is 2.26. The molecular formula is C16H18. The van der Waals surface area contributed by atoms with Crippen LogP contribution in [0, 0.1) is 13.8 Å². The van der Waals surface area contributed by atoms with Gasteiger partial charge in [-0.1, -0.05) is 55.0 Å². The Bertz CT molecular complexity index is 478. The predicted molar refractivity (Wildman–Crippen MR) is 70.7 cm³/mol. The highest BCUT2D eigenvalue weighted by molar-refractivity contribution is 5.68. The van der Waals surface area contributed by atoms with Crippen LogP contribution in [-0.2, 0) is 6.42 Å². The Morgan fingerprint density at radius 3 is 2.19 bits per heavy atom. The summed E-state index contributed by atoms with van der Waals surface area (Å²) >= 11 is 0. The van der Waals surface area contributed by atoms with Crippen molar-refractivity contribution < 1.29 is 0 Å². The van der Waals surface area contributed by atoms with Gasteiger partial charge in [-0.25, -0.2) is 0 Å². The van der Waals surface area contributed by atoms with Crippen molar-refractivity contribution in [1.29, 1.82) is 0 Å².